The van der Waals surface area contributed by atoms with Crippen LogP contribution in [0.15, 0.2) is 28.7 Å². The van der Waals surface area contributed by atoms with E-state index in [9.17, 15) is 4.79 Å². The summed E-state index contributed by atoms with van der Waals surface area (Å²) in [4.78, 5) is 11.5. The van der Waals surface area contributed by atoms with Gasteiger partial charge in [0.15, 0.2) is 0 Å². The number of nitrogens with one attached hydrogen (secondary N) is 2. The lowest BCUT2D eigenvalue weighted by atomic mass is 10.3. The number of benzene rings is 1. The van der Waals surface area contributed by atoms with E-state index >= 15 is 0 Å². The van der Waals surface area contributed by atoms with Crippen molar-refractivity contribution in [2.75, 3.05) is 18.4 Å². The average Bonchev–Trinajstić information content (AvgIpc) is 3.05. The lowest BCUT2D eigenvalue weighted by molar-refractivity contribution is -0.115. The van der Waals surface area contributed by atoms with Gasteiger partial charge in [0.2, 0.25) is 5.91 Å². The second-order valence-electron chi connectivity index (χ2n) is 4.13. The van der Waals surface area contributed by atoms with Crippen LogP contribution >= 0.6 is 28.3 Å². The summed E-state index contributed by atoms with van der Waals surface area (Å²) in [7, 11) is 0. The van der Waals surface area contributed by atoms with Crippen molar-refractivity contribution < 1.29 is 4.79 Å². The molecule has 2 N–H and O–H groups in total. The van der Waals surface area contributed by atoms with E-state index in [1.165, 1.54) is 12.8 Å². The van der Waals surface area contributed by atoms with Gasteiger partial charge in [-0.3, -0.25) is 4.79 Å². The first-order chi connectivity index (χ1) is 7.74. The number of anilines is 1. The Morgan fingerprint density at radius 3 is 2.53 bits per heavy atom. The molecule has 2 rings (SSSR count). The standard InChI is InChI=1S/C12H15BrN2O.ClH/c13-10-3-5-11(6-4-10)15-12(16)8-14-7-9-1-2-9;/h3-6,9,14H,1-2,7-8H2,(H,15,16);1H. The molecule has 0 heterocycles. The molecule has 1 aromatic carbocycles. The Labute approximate surface area is 116 Å². The Hall–Kier alpha value is -0.580. The normalized spacial score (nSPS) is 13.9. The number of hydrogen-bond donors (Lipinski definition) is 2. The van der Waals surface area contributed by atoms with Gasteiger partial charge in [-0.25, -0.2) is 0 Å². The molecule has 0 unspecified atom stereocenters. The highest BCUT2D eigenvalue weighted by molar-refractivity contribution is 9.10. The maximum absolute atomic E-state index is 11.5. The third kappa shape index (κ3) is 5.52. The molecule has 0 atom stereocenters. The maximum Gasteiger partial charge on any atom is 0.238 e. The number of amides is 1. The van der Waals surface area contributed by atoms with Crippen molar-refractivity contribution in [3.05, 3.63) is 28.7 Å². The summed E-state index contributed by atoms with van der Waals surface area (Å²) in [5.41, 5.74) is 0.835. The number of carbonyl (C=O) groups is 1. The van der Waals surface area contributed by atoms with E-state index < -0.39 is 0 Å². The molecule has 0 radical (unpaired) electrons. The monoisotopic (exact) mass is 318 g/mol. The lowest BCUT2D eigenvalue weighted by Gasteiger charge is -2.06. The van der Waals surface area contributed by atoms with Crippen LogP contribution in [-0.4, -0.2) is 19.0 Å². The molecule has 0 saturated heterocycles. The van der Waals surface area contributed by atoms with Crippen LogP contribution in [0, 0.1) is 5.92 Å². The zero-order chi connectivity index (χ0) is 11.4. The fraction of sp³-hybridized carbons (Fsp3) is 0.417. The van der Waals surface area contributed by atoms with E-state index in [0.29, 0.717) is 6.54 Å². The number of hydrogen-bond acceptors (Lipinski definition) is 2. The molecule has 0 aromatic heterocycles. The summed E-state index contributed by atoms with van der Waals surface area (Å²) in [6.45, 7) is 1.36. The predicted octanol–water partition coefficient (Wildman–Crippen LogP) is 2.81. The van der Waals surface area contributed by atoms with Crippen LogP contribution in [0.3, 0.4) is 0 Å². The van der Waals surface area contributed by atoms with Crippen molar-refractivity contribution in [1.82, 2.24) is 5.32 Å². The minimum atomic E-state index is 0. The summed E-state index contributed by atoms with van der Waals surface area (Å²) in [5.74, 6) is 0.823. The van der Waals surface area contributed by atoms with Crippen LogP contribution in [0.2, 0.25) is 0 Å². The van der Waals surface area contributed by atoms with Crippen molar-refractivity contribution in [2.24, 2.45) is 5.92 Å². The predicted molar refractivity (Wildman–Crippen MR) is 75.6 cm³/mol. The van der Waals surface area contributed by atoms with E-state index in [4.69, 9.17) is 0 Å². The molecule has 1 aliphatic rings. The molecular weight excluding hydrogens is 304 g/mol. The van der Waals surface area contributed by atoms with Gasteiger partial charge in [-0.2, -0.15) is 0 Å². The summed E-state index contributed by atoms with van der Waals surface area (Å²) >= 11 is 3.35. The highest BCUT2D eigenvalue weighted by atomic mass is 79.9. The Morgan fingerprint density at radius 1 is 1.29 bits per heavy atom. The first kappa shape index (κ1) is 14.5. The summed E-state index contributed by atoms with van der Waals surface area (Å²) in [6.07, 6.45) is 2.61. The average molecular weight is 320 g/mol. The SMILES string of the molecule is Cl.O=C(CNCC1CC1)Nc1ccc(Br)cc1. The first-order valence-corrected chi connectivity index (χ1v) is 6.29. The van der Waals surface area contributed by atoms with Crippen LogP contribution in [0.4, 0.5) is 5.69 Å². The summed E-state index contributed by atoms with van der Waals surface area (Å²) in [5, 5.41) is 6.00. The lowest BCUT2D eigenvalue weighted by Crippen LogP contribution is -2.29. The molecule has 1 aromatic rings. The molecule has 1 amide bonds. The quantitative estimate of drug-likeness (QED) is 0.876. The zero-order valence-corrected chi connectivity index (χ0v) is 11.8. The molecule has 1 aliphatic carbocycles. The minimum absolute atomic E-state index is 0. The number of halogens is 2. The van der Waals surface area contributed by atoms with Crippen LogP contribution in [0.5, 0.6) is 0 Å². The Bertz CT molecular complexity index is 365. The zero-order valence-electron chi connectivity index (χ0n) is 9.41. The third-order valence-electron chi connectivity index (χ3n) is 2.54. The second-order valence-corrected chi connectivity index (χ2v) is 5.05. The van der Waals surface area contributed by atoms with Crippen molar-refractivity contribution in [3.8, 4) is 0 Å². The topological polar surface area (TPSA) is 41.1 Å². The molecule has 17 heavy (non-hydrogen) atoms. The molecule has 1 saturated carbocycles. The molecule has 3 nitrogen and oxygen atoms in total. The van der Waals surface area contributed by atoms with Crippen molar-refractivity contribution in [1.29, 1.82) is 0 Å². The van der Waals surface area contributed by atoms with E-state index in [-0.39, 0.29) is 18.3 Å². The van der Waals surface area contributed by atoms with Gasteiger partial charge in [-0.15, -0.1) is 12.4 Å². The van der Waals surface area contributed by atoms with Crippen molar-refractivity contribution >= 4 is 39.9 Å². The maximum atomic E-state index is 11.5. The van der Waals surface area contributed by atoms with Crippen LogP contribution in [-0.2, 0) is 4.79 Å². The van der Waals surface area contributed by atoms with Crippen molar-refractivity contribution in [2.45, 2.75) is 12.8 Å². The molecular formula is C12H16BrClN2O. The fourth-order valence-electron chi connectivity index (χ4n) is 1.45. The number of rotatable bonds is 5. The van der Waals surface area contributed by atoms with Crippen LogP contribution < -0.4 is 10.6 Å². The second kappa shape index (κ2) is 6.99. The van der Waals surface area contributed by atoms with E-state index in [1.54, 1.807) is 0 Å². The van der Waals surface area contributed by atoms with Gasteiger partial charge in [-0.1, -0.05) is 15.9 Å². The molecule has 5 heteroatoms. The van der Waals surface area contributed by atoms with E-state index in [2.05, 4.69) is 26.6 Å². The fourth-order valence-corrected chi connectivity index (χ4v) is 1.71. The highest BCUT2D eigenvalue weighted by Crippen LogP contribution is 2.27. The van der Waals surface area contributed by atoms with Crippen LogP contribution in [0.25, 0.3) is 0 Å². The molecule has 94 valence electrons. The van der Waals surface area contributed by atoms with Gasteiger partial charge in [0.05, 0.1) is 6.54 Å². The van der Waals surface area contributed by atoms with Gasteiger partial charge in [-0.05, 0) is 49.6 Å². The van der Waals surface area contributed by atoms with E-state index in [0.717, 1.165) is 22.6 Å². The summed E-state index contributed by atoms with van der Waals surface area (Å²) < 4.78 is 1.01. The molecule has 0 spiro atoms. The Kier molecular flexibility index (Phi) is 5.95. The minimum Gasteiger partial charge on any atom is -0.325 e. The van der Waals surface area contributed by atoms with E-state index in [1.807, 2.05) is 24.3 Å². The Morgan fingerprint density at radius 2 is 1.94 bits per heavy atom. The highest BCUT2D eigenvalue weighted by Gasteiger charge is 2.20. The largest absolute Gasteiger partial charge is 0.325 e. The van der Waals surface area contributed by atoms with Crippen LogP contribution in [0.1, 0.15) is 12.8 Å². The third-order valence-corrected chi connectivity index (χ3v) is 3.07. The smallest absolute Gasteiger partial charge is 0.238 e. The molecule has 0 bridgehead atoms. The first-order valence-electron chi connectivity index (χ1n) is 5.50. The van der Waals surface area contributed by atoms with Crippen molar-refractivity contribution in [3.63, 3.8) is 0 Å². The van der Waals surface area contributed by atoms with Gasteiger partial charge < -0.3 is 10.6 Å². The van der Waals surface area contributed by atoms with Gasteiger partial charge in [0, 0.05) is 10.2 Å². The molecule has 1 fully saturated rings. The van der Waals surface area contributed by atoms with Gasteiger partial charge in [0.25, 0.3) is 0 Å². The summed E-state index contributed by atoms with van der Waals surface area (Å²) in [6, 6.07) is 7.58. The van der Waals surface area contributed by atoms with Gasteiger partial charge in [0.1, 0.15) is 0 Å². The Balaban J connectivity index is 0.00000144. The van der Waals surface area contributed by atoms with Gasteiger partial charge >= 0.3 is 0 Å². The number of carbonyl (C=O) groups excluding carboxylic acids is 1. The molecule has 0 aliphatic heterocycles.